The molecule has 1 aromatic rings. The van der Waals surface area contributed by atoms with Gasteiger partial charge < -0.3 is 14.8 Å². The number of rotatable bonds is 9. The van der Waals surface area contributed by atoms with E-state index < -0.39 is 0 Å². The quantitative estimate of drug-likeness (QED) is 0.539. The fourth-order valence-corrected chi connectivity index (χ4v) is 1.45. The van der Waals surface area contributed by atoms with E-state index >= 15 is 0 Å². The molecule has 0 bridgehead atoms. The van der Waals surface area contributed by atoms with Crippen LogP contribution in [0.5, 0.6) is 5.75 Å². The monoisotopic (exact) mass is 249 g/mol. The van der Waals surface area contributed by atoms with Gasteiger partial charge in [0.15, 0.2) is 0 Å². The summed E-state index contributed by atoms with van der Waals surface area (Å²) in [4.78, 5) is 0. The molecule has 0 amide bonds. The minimum absolute atomic E-state index is 0.488. The van der Waals surface area contributed by atoms with Gasteiger partial charge in [0, 0.05) is 12.6 Å². The van der Waals surface area contributed by atoms with Gasteiger partial charge in [0.05, 0.1) is 13.2 Å². The lowest BCUT2D eigenvalue weighted by Gasteiger charge is -2.10. The molecule has 0 aliphatic heterocycles. The maximum Gasteiger partial charge on any atom is 0.119 e. The highest BCUT2D eigenvalue weighted by Crippen LogP contribution is 2.13. The van der Waals surface area contributed by atoms with Crippen LogP contribution >= 0.6 is 0 Å². The number of nitrogens with one attached hydrogen (secondary N) is 1. The van der Waals surface area contributed by atoms with E-state index in [1.807, 2.05) is 12.1 Å². The van der Waals surface area contributed by atoms with Gasteiger partial charge in [-0.25, -0.2) is 0 Å². The Balaban J connectivity index is 2.32. The lowest BCUT2D eigenvalue weighted by Crippen LogP contribution is -2.21. The zero-order chi connectivity index (χ0) is 13.2. The number of hydrogen-bond donors (Lipinski definition) is 1. The van der Waals surface area contributed by atoms with Gasteiger partial charge in [-0.2, -0.15) is 0 Å². The van der Waals surface area contributed by atoms with Crippen molar-refractivity contribution in [1.82, 2.24) is 5.32 Å². The highest BCUT2D eigenvalue weighted by molar-refractivity contribution is 5.28. The summed E-state index contributed by atoms with van der Waals surface area (Å²) in [6.07, 6.45) is 1.73. The maximum absolute atomic E-state index is 5.61. The highest BCUT2D eigenvalue weighted by Gasteiger charge is 1.98. The van der Waals surface area contributed by atoms with Crippen LogP contribution in [0.1, 0.15) is 19.4 Å². The third-order valence-electron chi connectivity index (χ3n) is 2.34. The summed E-state index contributed by atoms with van der Waals surface area (Å²) in [5.74, 6) is 0.889. The first-order chi connectivity index (χ1) is 8.72. The van der Waals surface area contributed by atoms with Crippen LogP contribution in [0.15, 0.2) is 36.9 Å². The van der Waals surface area contributed by atoms with Gasteiger partial charge in [-0.15, -0.1) is 6.58 Å². The summed E-state index contributed by atoms with van der Waals surface area (Å²) >= 11 is 0. The van der Waals surface area contributed by atoms with E-state index in [1.165, 1.54) is 5.56 Å². The first kappa shape index (κ1) is 14.7. The Morgan fingerprint density at radius 2 is 2.17 bits per heavy atom. The summed E-state index contributed by atoms with van der Waals surface area (Å²) in [7, 11) is 0. The molecule has 0 saturated carbocycles. The highest BCUT2D eigenvalue weighted by atomic mass is 16.5. The van der Waals surface area contributed by atoms with Crippen LogP contribution in [0.3, 0.4) is 0 Å². The normalized spacial score (nSPS) is 10.6. The Hall–Kier alpha value is -1.32. The average molecular weight is 249 g/mol. The standard InChI is InChI=1S/C15H23NO2/c1-4-8-17-9-10-18-15-7-5-6-14(11-15)12-16-13(2)3/h4-7,11,13,16H,1,8-10,12H2,2-3H3. The van der Waals surface area contributed by atoms with Gasteiger partial charge in [-0.1, -0.05) is 32.1 Å². The van der Waals surface area contributed by atoms with E-state index in [0.29, 0.717) is 25.9 Å². The van der Waals surface area contributed by atoms with Crippen molar-refractivity contribution in [2.45, 2.75) is 26.4 Å². The Bertz CT molecular complexity index is 350. The molecule has 0 fully saturated rings. The van der Waals surface area contributed by atoms with E-state index in [9.17, 15) is 0 Å². The largest absolute Gasteiger partial charge is 0.491 e. The van der Waals surface area contributed by atoms with Crippen LogP contribution in [0.25, 0.3) is 0 Å². The molecule has 0 spiro atoms. The van der Waals surface area contributed by atoms with Crippen molar-refractivity contribution in [3.63, 3.8) is 0 Å². The Morgan fingerprint density at radius 3 is 2.89 bits per heavy atom. The second-order valence-corrected chi connectivity index (χ2v) is 4.40. The Kier molecular flexibility index (Phi) is 7.14. The van der Waals surface area contributed by atoms with Crippen molar-refractivity contribution in [1.29, 1.82) is 0 Å². The average Bonchev–Trinajstić information content (AvgIpc) is 2.37. The third kappa shape index (κ3) is 6.42. The van der Waals surface area contributed by atoms with Crippen molar-refractivity contribution in [2.75, 3.05) is 19.8 Å². The third-order valence-corrected chi connectivity index (χ3v) is 2.34. The van der Waals surface area contributed by atoms with E-state index in [4.69, 9.17) is 9.47 Å². The summed E-state index contributed by atoms with van der Waals surface area (Å²) in [6, 6.07) is 8.62. The molecular weight excluding hydrogens is 226 g/mol. The lowest BCUT2D eigenvalue weighted by atomic mass is 10.2. The van der Waals surface area contributed by atoms with Crippen molar-refractivity contribution in [2.24, 2.45) is 0 Å². The summed E-state index contributed by atoms with van der Waals surface area (Å²) in [6.45, 7) is 10.4. The van der Waals surface area contributed by atoms with E-state index in [2.05, 4.69) is 37.9 Å². The first-order valence-corrected chi connectivity index (χ1v) is 6.36. The second-order valence-electron chi connectivity index (χ2n) is 4.40. The number of ether oxygens (including phenoxy) is 2. The second kappa shape index (κ2) is 8.72. The topological polar surface area (TPSA) is 30.5 Å². The lowest BCUT2D eigenvalue weighted by molar-refractivity contribution is 0.121. The summed E-state index contributed by atoms with van der Waals surface area (Å²) in [5, 5.41) is 3.38. The molecule has 0 atom stereocenters. The van der Waals surface area contributed by atoms with Gasteiger partial charge in [0.1, 0.15) is 12.4 Å². The van der Waals surface area contributed by atoms with Crippen LogP contribution in [-0.2, 0) is 11.3 Å². The van der Waals surface area contributed by atoms with Crippen LogP contribution in [0.4, 0.5) is 0 Å². The summed E-state index contributed by atoms with van der Waals surface area (Å²) in [5.41, 5.74) is 1.23. The molecule has 0 radical (unpaired) electrons. The maximum atomic E-state index is 5.61. The molecule has 0 aromatic heterocycles. The molecule has 0 heterocycles. The minimum Gasteiger partial charge on any atom is -0.491 e. The molecule has 3 nitrogen and oxygen atoms in total. The van der Waals surface area contributed by atoms with Crippen LogP contribution in [0, 0.1) is 0 Å². The molecule has 0 unspecified atom stereocenters. The molecule has 1 N–H and O–H groups in total. The molecule has 1 aromatic carbocycles. The fourth-order valence-electron chi connectivity index (χ4n) is 1.45. The van der Waals surface area contributed by atoms with Gasteiger partial charge in [0.2, 0.25) is 0 Å². The molecule has 3 heteroatoms. The molecular formula is C15H23NO2. The fraction of sp³-hybridized carbons (Fsp3) is 0.467. The van der Waals surface area contributed by atoms with Gasteiger partial charge >= 0.3 is 0 Å². The predicted molar refractivity (Wildman–Crippen MR) is 74.9 cm³/mol. The van der Waals surface area contributed by atoms with Crippen molar-refractivity contribution < 1.29 is 9.47 Å². The van der Waals surface area contributed by atoms with Gasteiger partial charge in [-0.3, -0.25) is 0 Å². The summed E-state index contributed by atoms with van der Waals surface area (Å²) < 4.78 is 10.9. The van der Waals surface area contributed by atoms with Gasteiger partial charge in [0.25, 0.3) is 0 Å². The first-order valence-electron chi connectivity index (χ1n) is 6.36. The molecule has 18 heavy (non-hydrogen) atoms. The Labute approximate surface area is 110 Å². The molecule has 1 rings (SSSR count). The number of benzene rings is 1. The minimum atomic E-state index is 0.488. The van der Waals surface area contributed by atoms with E-state index in [0.717, 1.165) is 12.3 Å². The Morgan fingerprint density at radius 1 is 1.33 bits per heavy atom. The van der Waals surface area contributed by atoms with Gasteiger partial charge in [-0.05, 0) is 17.7 Å². The van der Waals surface area contributed by atoms with Crippen molar-refractivity contribution in [3.8, 4) is 5.75 Å². The molecule has 100 valence electrons. The van der Waals surface area contributed by atoms with Crippen molar-refractivity contribution in [3.05, 3.63) is 42.5 Å². The van der Waals surface area contributed by atoms with Crippen LogP contribution in [0.2, 0.25) is 0 Å². The van der Waals surface area contributed by atoms with Crippen molar-refractivity contribution >= 4 is 0 Å². The van der Waals surface area contributed by atoms with E-state index in [1.54, 1.807) is 6.08 Å². The predicted octanol–water partition coefficient (Wildman–Crippen LogP) is 2.77. The van der Waals surface area contributed by atoms with Crippen LogP contribution < -0.4 is 10.1 Å². The molecule has 0 aliphatic rings. The SMILES string of the molecule is C=CCOCCOc1cccc(CNC(C)C)c1. The molecule has 0 saturated heterocycles. The smallest absolute Gasteiger partial charge is 0.119 e. The zero-order valence-electron chi connectivity index (χ0n) is 11.3. The number of hydrogen-bond acceptors (Lipinski definition) is 3. The van der Waals surface area contributed by atoms with Crippen LogP contribution in [-0.4, -0.2) is 25.9 Å². The molecule has 0 aliphatic carbocycles. The zero-order valence-corrected chi connectivity index (χ0v) is 11.3. The van der Waals surface area contributed by atoms with E-state index in [-0.39, 0.29) is 0 Å².